The summed E-state index contributed by atoms with van der Waals surface area (Å²) in [4.78, 5) is 14.9. The first-order chi connectivity index (χ1) is 8.72. The molecule has 100 valence electrons. The monoisotopic (exact) mass is 251 g/mol. The molecule has 0 saturated carbocycles. The zero-order chi connectivity index (χ0) is 13.2. The number of carbonyl (C=O) groups excluding carboxylic acids is 1. The van der Waals surface area contributed by atoms with Gasteiger partial charge >= 0.3 is 0 Å². The number of hydrazine groups is 1. The second kappa shape index (κ2) is 8.60. The van der Waals surface area contributed by atoms with Crippen LogP contribution in [-0.2, 0) is 16.0 Å². The lowest BCUT2D eigenvalue weighted by Crippen LogP contribution is -2.30. The summed E-state index contributed by atoms with van der Waals surface area (Å²) in [6, 6.07) is 4.02. The Hall–Kier alpha value is -1.46. The van der Waals surface area contributed by atoms with Crippen LogP contribution in [0.25, 0.3) is 0 Å². The molecule has 0 radical (unpaired) electrons. The Bertz CT molecular complexity index is 343. The van der Waals surface area contributed by atoms with Gasteiger partial charge in [-0.25, -0.2) is 5.84 Å². The van der Waals surface area contributed by atoms with Gasteiger partial charge in [-0.2, -0.15) is 0 Å². The van der Waals surface area contributed by atoms with Crippen molar-refractivity contribution < 1.29 is 9.53 Å². The average molecular weight is 251 g/mol. The molecule has 18 heavy (non-hydrogen) atoms. The summed E-state index contributed by atoms with van der Waals surface area (Å²) < 4.78 is 5.62. The predicted molar refractivity (Wildman–Crippen MR) is 69.5 cm³/mol. The van der Waals surface area contributed by atoms with E-state index < -0.39 is 0 Å². The number of pyridine rings is 1. The SMILES string of the molecule is CC(CCC(=O)NN)OCCCc1ccncc1. The number of carbonyl (C=O) groups is 1. The van der Waals surface area contributed by atoms with E-state index in [1.165, 1.54) is 5.56 Å². The van der Waals surface area contributed by atoms with Crippen molar-refractivity contribution in [2.75, 3.05) is 6.61 Å². The highest BCUT2D eigenvalue weighted by molar-refractivity contribution is 5.75. The molecule has 1 amide bonds. The molecule has 1 atom stereocenters. The number of amides is 1. The highest BCUT2D eigenvalue weighted by Gasteiger charge is 2.05. The second-order valence-corrected chi connectivity index (χ2v) is 4.25. The third-order valence-corrected chi connectivity index (χ3v) is 2.70. The van der Waals surface area contributed by atoms with Crippen LogP contribution in [0.3, 0.4) is 0 Å². The Morgan fingerprint density at radius 1 is 1.50 bits per heavy atom. The van der Waals surface area contributed by atoms with Crippen molar-refractivity contribution in [3.05, 3.63) is 30.1 Å². The minimum atomic E-state index is -0.151. The minimum absolute atomic E-state index is 0.0831. The van der Waals surface area contributed by atoms with Crippen molar-refractivity contribution in [1.82, 2.24) is 10.4 Å². The van der Waals surface area contributed by atoms with Gasteiger partial charge in [0.15, 0.2) is 0 Å². The number of rotatable bonds is 8. The Labute approximate surface area is 108 Å². The van der Waals surface area contributed by atoms with E-state index in [9.17, 15) is 4.79 Å². The predicted octanol–water partition coefficient (Wildman–Crippen LogP) is 1.19. The molecule has 0 aliphatic carbocycles. The van der Waals surface area contributed by atoms with E-state index in [2.05, 4.69) is 10.4 Å². The molecule has 1 heterocycles. The van der Waals surface area contributed by atoms with Gasteiger partial charge < -0.3 is 4.74 Å². The molecule has 0 aliphatic heterocycles. The first kappa shape index (κ1) is 14.6. The summed E-state index contributed by atoms with van der Waals surface area (Å²) in [6.45, 7) is 2.67. The van der Waals surface area contributed by atoms with Crippen molar-refractivity contribution in [3.8, 4) is 0 Å². The summed E-state index contributed by atoms with van der Waals surface area (Å²) in [6.07, 6.45) is 6.73. The summed E-state index contributed by atoms with van der Waals surface area (Å²) in [5.41, 5.74) is 3.38. The normalized spacial score (nSPS) is 12.1. The molecule has 1 aromatic heterocycles. The maximum atomic E-state index is 10.9. The number of hydrogen-bond donors (Lipinski definition) is 2. The molecule has 1 rings (SSSR count). The van der Waals surface area contributed by atoms with Crippen LogP contribution in [0.15, 0.2) is 24.5 Å². The summed E-state index contributed by atoms with van der Waals surface area (Å²) in [5.74, 6) is 4.85. The fourth-order valence-corrected chi connectivity index (χ4v) is 1.60. The number of nitrogens with one attached hydrogen (secondary N) is 1. The molecular formula is C13H21N3O2. The minimum Gasteiger partial charge on any atom is -0.378 e. The Balaban J connectivity index is 2.05. The quantitative estimate of drug-likeness (QED) is 0.315. The van der Waals surface area contributed by atoms with Gasteiger partial charge in [0, 0.05) is 25.4 Å². The maximum absolute atomic E-state index is 10.9. The third-order valence-electron chi connectivity index (χ3n) is 2.70. The summed E-state index contributed by atoms with van der Waals surface area (Å²) in [7, 11) is 0. The zero-order valence-electron chi connectivity index (χ0n) is 10.8. The Morgan fingerprint density at radius 3 is 2.89 bits per heavy atom. The van der Waals surface area contributed by atoms with Crippen molar-refractivity contribution >= 4 is 5.91 Å². The van der Waals surface area contributed by atoms with Gasteiger partial charge in [-0.15, -0.1) is 0 Å². The van der Waals surface area contributed by atoms with Crippen LogP contribution < -0.4 is 11.3 Å². The molecule has 0 aromatic carbocycles. The van der Waals surface area contributed by atoms with Crippen molar-refractivity contribution in [2.24, 2.45) is 5.84 Å². The van der Waals surface area contributed by atoms with E-state index in [0.717, 1.165) is 12.8 Å². The average Bonchev–Trinajstić information content (AvgIpc) is 2.42. The van der Waals surface area contributed by atoms with Crippen LogP contribution in [0, 0.1) is 0 Å². The highest BCUT2D eigenvalue weighted by atomic mass is 16.5. The Morgan fingerprint density at radius 2 is 2.22 bits per heavy atom. The number of aryl methyl sites for hydroxylation is 1. The molecule has 0 aliphatic rings. The fraction of sp³-hybridized carbons (Fsp3) is 0.538. The van der Waals surface area contributed by atoms with Crippen LogP contribution in [0.5, 0.6) is 0 Å². The molecule has 0 spiro atoms. The molecule has 1 aromatic rings. The number of hydrogen-bond acceptors (Lipinski definition) is 4. The van der Waals surface area contributed by atoms with E-state index in [1.54, 1.807) is 12.4 Å². The maximum Gasteiger partial charge on any atom is 0.233 e. The number of aromatic nitrogens is 1. The second-order valence-electron chi connectivity index (χ2n) is 4.25. The molecule has 0 bridgehead atoms. The summed E-state index contributed by atoms with van der Waals surface area (Å²) >= 11 is 0. The number of ether oxygens (including phenoxy) is 1. The zero-order valence-corrected chi connectivity index (χ0v) is 10.8. The lowest BCUT2D eigenvalue weighted by atomic mass is 10.1. The van der Waals surface area contributed by atoms with Crippen LogP contribution >= 0.6 is 0 Å². The summed E-state index contributed by atoms with van der Waals surface area (Å²) in [5, 5.41) is 0. The molecule has 3 N–H and O–H groups in total. The first-order valence-electron chi connectivity index (χ1n) is 6.22. The molecule has 0 saturated heterocycles. The van der Waals surface area contributed by atoms with E-state index in [1.807, 2.05) is 19.1 Å². The van der Waals surface area contributed by atoms with Crippen molar-refractivity contribution in [2.45, 2.75) is 38.7 Å². The lowest BCUT2D eigenvalue weighted by Gasteiger charge is -2.12. The standard InChI is InChI=1S/C13H21N3O2/c1-11(4-5-13(17)16-14)18-10-2-3-12-6-8-15-9-7-12/h6-9,11H,2-5,10,14H2,1H3,(H,16,17). The van der Waals surface area contributed by atoms with Gasteiger partial charge in [-0.3, -0.25) is 15.2 Å². The first-order valence-corrected chi connectivity index (χ1v) is 6.22. The molecule has 5 nitrogen and oxygen atoms in total. The van der Waals surface area contributed by atoms with Gasteiger partial charge in [0.2, 0.25) is 5.91 Å². The van der Waals surface area contributed by atoms with E-state index in [4.69, 9.17) is 10.6 Å². The van der Waals surface area contributed by atoms with Crippen LogP contribution in [0.1, 0.15) is 31.7 Å². The van der Waals surface area contributed by atoms with Crippen LogP contribution in [0.2, 0.25) is 0 Å². The topological polar surface area (TPSA) is 77.2 Å². The molecule has 5 heteroatoms. The smallest absolute Gasteiger partial charge is 0.233 e. The van der Waals surface area contributed by atoms with Gasteiger partial charge in [0.25, 0.3) is 0 Å². The van der Waals surface area contributed by atoms with E-state index in [-0.39, 0.29) is 12.0 Å². The fourth-order valence-electron chi connectivity index (χ4n) is 1.60. The van der Waals surface area contributed by atoms with Crippen LogP contribution in [0.4, 0.5) is 0 Å². The van der Waals surface area contributed by atoms with Crippen molar-refractivity contribution in [3.63, 3.8) is 0 Å². The van der Waals surface area contributed by atoms with Crippen molar-refractivity contribution in [1.29, 1.82) is 0 Å². The van der Waals surface area contributed by atoms with Gasteiger partial charge in [0.1, 0.15) is 0 Å². The number of nitrogens with two attached hydrogens (primary N) is 1. The third kappa shape index (κ3) is 6.32. The lowest BCUT2D eigenvalue weighted by molar-refractivity contribution is -0.121. The van der Waals surface area contributed by atoms with E-state index >= 15 is 0 Å². The van der Waals surface area contributed by atoms with E-state index in [0.29, 0.717) is 19.4 Å². The highest BCUT2D eigenvalue weighted by Crippen LogP contribution is 2.05. The Kier molecular flexibility index (Phi) is 6.98. The van der Waals surface area contributed by atoms with Crippen LogP contribution in [-0.4, -0.2) is 23.6 Å². The largest absolute Gasteiger partial charge is 0.378 e. The van der Waals surface area contributed by atoms with Gasteiger partial charge in [0.05, 0.1) is 6.10 Å². The van der Waals surface area contributed by atoms with Gasteiger partial charge in [-0.1, -0.05) is 0 Å². The number of nitrogens with zero attached hydrogens (tertiary/aromatic N) is 1. The van der Waals surface area contributed by atoms with Gasteiger partial charge in [-0.05, 0) is 43.9 Å². The molecule has 0 fully saturated rings. The molecular weight excluding hydrogens is 230 g/mol. The molecule has 1 unspecified atom stereocenters.